The molecule has 2 atom stereocenters. The molecule has 0 aromatic carbocycles. The fourth-order valence-electron chi connectivity index (χ4n) is 3.51. The maximum Gasteiger partial charge on any atom is 0.250 e. The number of nitrogens with one attached hydrogen (secondary N) is 1. The first-order valence-electron chi connectivity index (χ1n) is 9.55. The Hall–Kier alpha value is -1.64. The SMILES string of the molecule is C[C@@H](C(=O)N1CCOCC1)N1CCC(NS(=O)(=O)c2ccc(-c3nnc(Cl)s3)s2)C1=O. The van der Waals surface area contributed by atoms with Crippen LogP contribution in [-0.4, -0.2) is 85.2 Å². The van der Waals surface area contributed by atoms with E-state index in [1.165, 1.54) is 11.0 Å². The standard InChI is InChI=1S/C17H20ClN5O5S3/c1-10(15(24)22-6-8-28-9-7-22)23-5-4-11(16(23)25)21-31(26,27)13-3-2-12(29-13)14-19-20-17(18)30-14/h2-3,10-11,21H,4-9H2,1H3/t10-,11?/m0/s1. The summed E-state index contributed by atoms with van der Waals surface area (Å²) in [4.78, 5) is 29.3. The van der Waals surface area contributed by atoms with Crippen LogP contribution in [0.5, 0.6) is 0 Å². The van der Waals surface area contributed by atoms with Gasteiger partial charge in [-0.3, -0.25) is 9.59 Å². The maximum atomic E-state index is 12.8. The van der Waals surface area contributed by atoms with E-state index in [4.69, 9.17) is 16.3 Å². The molecule has 2 amide bonds. The molecule has 0 saturated carbocycles. The number of carbonyl (C=O) groups is 2. The molecule has 1 N–H and O–H groups in total. The molecule has 0 bridgehead atoms. The number of amides is 2. The Morgan fingerprint density at radius 2 is 2.00 bits per heavy atom. The van der Waals surface area contributed by atoms with Crippen LogP contribution in [0.2, 0.25) is 4.47 Å². The molecular formula is C17H20ClN5O5S3. The lowest BCUT2D eigenvalue weighted by Crippen LogP contribution is -2.52. The van der Waals surface area contributed by atoms with E-state index < -0.39 is 28.0 Å². The number of morpholine rings is 1. The van der Waals surface area contributed by atoms with Crippen LogP contribution in [0.15, 0.2) is 16.3 Å². The zero-order valence-corrected chi connectivity index (χ0v) is 19.7. The number of hydrogen-bond donors (Lipinski definition) is 1. The molecule has 4 heterocycles. The van der Waals surface area contributed by atoms with E-state index in [0.717, 1.165) is 22.7 Å². The molecular weight excluding hydrogens is 486 g/mol. The normalized spacial score (nSPS) is 21.0. The smallest absolute Gasteiger partial charge is 0.250 e. The highest BCUT2D eigenvalue weighted by Gasteiger charge is 2.40. The van der Waals surface area contributed by atoms with Crippen molar-refractivity contribution in [1.29, 1.82) is 0 Å². The Morgan fingerprint density at radius 3 is 2.68 bits per heavy atom. The molecule has 0 spiro atoms. The quantitative estimate of drug-likeness (QED) is 0.622. The van der Waals surface area contributed by atoms with Crippen molar-refractivity contribution in [2.24, 2.45) is 0 Å². The maximum absolute atomic E-state index is 12.8. The molecule has 10 nitrogen and oxygen atoms in total. The Balaban J connectivity index is 1.42. The van der Waals surface area contributed by atoms with Crippen molar-refractivity contribution < 1.29 is 22.7 Å². The largest absolute Gasteiger partial charge is 0.378 e. The third-order valence-electron chi connectivity index (χ3n) is 5.14. The zero-order chi connectivity index (χ0) is 22.2. The van der Waals surface area contributed by atoms with Gasteiger partial charge >= 0.3 is 0 Å². The third-order valence-corrected chi connectivity index (χ3v) is 9.38. The summed E-state index contributed by atoms with van der Waals surface area (Å²) in [6, 6.07) is 1.52. The van der Waals surface area contributed by atoms with E-state index in [9.17, 15) is 18.0 Å². The van der Waals surface area contributed by atoms with Gasteiger partial charge in [-0.25, -0.2) is 8.42 Å². The van der Waals surface area contributed by atoms with Crippen molar-refractivity contribution in [3.63, 3.8) is 0 Å². The van der Waals surface area contributed by atoms with Crippen molar-refractivity contribution in [1.82, 2.24) is 24.7 Å². The van der Waals surface area contributed by atoms with Crippen LogP contribution in [0.3, 0.4) is 0 Å². The Bertz CT molecular complexity index is 1080. The number of nitrogens with zero attached hydrogens (tertiary/aromatic N) is 4. The molecule has 0 aliphatic carbocycles. The number of carbonyl (C=O) groups excluding carboxylic acids is 2. The van der Waals surface area contributed by atoms with Gasteiger partial charge in [-0.15, -0.1) is 21.5 Å². The van der Waals surface area contributed by atoms with Gasteiger partial charge in [-0.05, 0) is 37.1 Å². The second kappa shape index (κ2) is 9.08. The molecule has 31 heavy (non-hydrogen) atoms. The van der Waals surface area contributed by atoms with Crippen molar-refractivity contribution >= 4 is 56.1 Å². The third kappa shape index (κ3) is 4.76. The summed E-state index contributed by atoms with van der Waals surface area (Å²) in [7, 11) is -3.91. The van der Waals surface area contributed by atoms with E-state index in [1.807, 2.05) is 0 Å². The number of ether oxygens (including phenoxy) is 1. The van der Waals surface area contributed by atoms with Crippen LogP contribution >= 0.6 is 34.3 Å². The summed E-state index contributed by atoms with van der Waals surface area (Å²) < 4.78 is 33.7. The number of hydrogen-bond acceptors (Lipinski definition) is 9. The first kappa shape index (κ1) is 22.6. The van der Waals surface area contributed by atoms with E-state index >= 15 is 0 Å². The van der Waals surface area contributed by atoms with Gasteiger partial charge in [0.05, 0.1) is 18.1 Å². The van der Waals surface area contributed by atoms with Gasteiger partial charge in [0.25, 0.3) is 10.0 Å². The van der Waals surface area contributed by atoms with E-state index in [2.05, 4.69) is 14.9 Å². The molecule has 2 aromatic rings. The van der Waals surface area contributed by atoms with Gasteiger partial charge in [0.2, 0.25) is 16.3 Å². The van der Waals surface area contributed by atoms with Gasteiger partial charge < -0.3 is 14.5 Å². The van der Waals surface area contributed by atoms with E-state index in [1.54, 1.807) is 17.9 Å². The zero-order valence-electron chi connectivity index (χ0n) is 16.5. The molecule has 1 unspecified atom stereocenters. The molecule has 2 aliphatic heterocycles. The number of rotatable bonds is 6. The lowest BCUT2D eigenvalue weighted by atomic mass is 10.2. The second-order valence-corrected chi connectivity index (χ2v) is 11.7. The van der Waals surface area contributed by atoms with Gasteiger partial charge in [0, 0.05) is 19.6 Å². The van der Waals surface area contributed by atoms with Crippen molar-refractivity contribution in [3.05, 3.63) is 16.6 Å². The molecule has 2 fully saturated rings. The van der Waals surface area contributed by atoms with Gasteiger partial charge in [-0.1, -0.05) is 11.3 Å². The summed E-state index contributed by atoms with van der Waals surface area (Å²) in [6.45, 7) is 3.90. The highest BCUT2D eigenvalue weighted by Crippen LogP contribution is 2.34. The van der Waals surface area contributed by atoms with Crippen LogP contribution in [0.1, 0.15) is 13.3 Å². The summed E-state index contributed by atoms with van der Waals surface area (Å²) in [6.07, 6.45) is 0.295. The van der Waals surface area contributed by atoms with Crippen molar-refractivity contribution in [3.8, 4) is 9.88 Å². The summed E-state index contributed by atoms with van der Waals surface area (Å²) >= 11 is 7.96. The first-order valence-corrected chi connectivity index (χ1v) is 13.0. The molecule has 14 heteroatoms. The predicted molar refractivity (Wildman–Crippen MR) is 116 cm³/mol. The lowest BCUT2D eigenvalue weighted by Gasteiger charge is -2.32. The number of likely N-dealkylation sites (tertiary alicyclic amines) is 1. The van der Waals surface area contributed by atoms with E-state index in [-0.39, 0.29) is 14.6 Å². The highest BCUT2D eigenvalue weighted by atomic mass is 35.5. The average molecular weight is 506 g/mol. The average Bonchev–Trinajstić information content (AvgIpc) is 3.49. The number of sulfonamides is 1. The summed E-state index contributed by atoms with van der Waals surface area (Å²) in [5, 5.41) is 8.15. The Labute approximate surface area is 192 Å². The van der Waals surface area contributed by atoms with Crippen molar-refractivity contribution in [2.75, 3.05) is 32.8 Å². The fourth-order valence-corrected chi connectivity index (χ4v) is 6.93. The second-order valence-electron chi connectivity index (χ2n) is 7.09. The highest BCUT2D eigenvalue weighted by molar-refractivity contribution is 7.91. The van der Waals surface area contributed by atoms with Crippen molar-refractivity contribution in [2.45, 2.75) is 29.6 Å². The molecule has 2 saturated heterocycles. The molecule has 2 aliphatic rings. The van der Waals surface area contributed by atoms with E-state index in [0.29, 0.717) is 49.2 Å². The summed E-state index contributed by atoms with van der Waals surface area (Å²) in [5.74, 6) is -0.552. The molecule has 2 aromatic heterocycles. The fraction of sp³-hybridized carbons (Fsp3) is 0.529. The van der Waals surface area contributed by atoms with Crippen LogP contribution in [0.4, 0.5) is 0 Å². The van der Waals surface area contributed by atoms with Crippen LogP contribution in [-0.2, 0) is 24.3 Å². The van der Waals surface area contributed by atoms with Crippen LogP contribution in [0, 0.1) is 0 Å². The van der Waals surface area contributed by atoms with Crippen LogP contribution in [0.25, 0.3) is 9.88 Å². The van der Waals surface area contributed by atoms with Gasteiger partial charge in [-0.2, -0.15) is 4.72 Å². The molecule has 168 valence electrons. The van der Waals surface area contributed by atoms with Crippen LogP contribution < -0.4 is 4.72 Å². The number of aromatic nitrogens is 2. The predicted octanol–water partition coefficient (Wildman–Crippen LogP) is 1.05. The molecule has 4 rings (SSSR count). The summed E-state index contributed by atoms with van der Waals surface area (Å²) in [5.41, 5.74) is 0. The minimum absolute atomic E-state index is 0.0671. The molecule has 0 radical (unpaired) electrons. The lowest BCUT2D eigenvalue weighted by molar-refractivity contribution is -0.146. The van der Waals surface area contributed by atoms with Gasteiger partial charge in [0.1, 0.15) is 16.3 Å². The van der Waals surface area contributed by atoms with Gasteiger partial charge in [0.15, 0.2) is 5.01 Å². The first-order chi connectivity index (χ1) is 14.8. The topological polar surface area (TPSA) is 122 Å². The monoisotopic (exact) mass is 505 g/mol. The Morgan fingerprint density at radius 1 is 1.26 bits per heavy atom. The Kier molecular flexibility index (Phi) is 6.60. The number of thiophene rings is 1. The number of halogens is 1. The minimum atomic E-state index is -3.91. The minimum Gasteiger partial charge on any atom is -0.378 e.